The largest absolute Gasteiger partial charge is 0.325 e. The van der Waals surface area contributed by atoms with E-state index in [-0.39, 0.29) is 23.7 Å². The van der Waals surface area contributed by atoms with Gasteiger partial charge in [0.15, 0.2) is 0 Å². The molecule has 2 atom stereocenters. The van der Waals surface area contributed by atoms with E-state index in [1.165, 1.54) is 0 Å². The fourth-order valence-corrected chi connectivity index (χ4v) is 3.56. The molecule has 4 heteroatoms. The summed E-state index contributed by atoms with van der Waals surface area (Å²) in [7, 11) is 0. The second kappa shape index (κ2) is 7.55. The lowest BCUT2D eigenvalue weighted by Gasteiger charge is -2.16. The number of carbonyl (C=O) groups is 2. The first-order chi connectivity index (χ1) is 12.8. The van der Waals surface area contributed by atoms with Gasteiger partial charge in [0.1, 0.15) is 0 Å². The standard InChI is InChI=1S/C23H28N2O2/c1-13(2)17-11-7-10-16(5)21(17)25-23(27)19-12-18(19)22(26)24-20-14(3)8-6-9-15(20)4/h6-11,13,18-19H,12H2,1-5H3,(H,24,26)(H,25,27). The highest BCUT2D eigenvalue weighted by atomic mass is 16.2. The molecule has 0 saturated heterocycles. The Kier molecular flexibility index (Phi) is 5.36. The molecule has 2 unspecified atom stereocenters. The number of anilines is 2. The zero-order valence-electron chi connectivity index (χ0n) is 16.7. The molecular formula is C23H28N2O2. The lowest BCUT2D eigenvalue weighted by atomic mass is 9.98. The molecule has 0 aliphatic heterocycles. The monoisotopic (exact) mass is 364 g/mol. The van der Waals surface area contributed by atoms with Crippen molar-refractivity contribution in [1.82, 2.24) is 0 Å². The normalized spacial score (nSPS) is 18.3. The first-order valence-corrected chi connectivity index (χ1v) is 9.57. The first kappa shape index (κ1) is 19.2. The van der Waals surface area contributed by atoms with Crippen LogP contribution in [0.3, 0.4) is 0 Å². The number of para-hydroxylation sites is 2. The summed E-state index contributed by atoms with van der Waals surface area (Å²) in [5.74, 6) is -0.318. The third-order valence-corrected chi connectivity index (χ3v) is 5.37. The van der Waals surface area contributed by atoms with Crippen LogP contribution in [0, 0.1) is 32.6 Å². The van der Waals surface area contributed by atoms with Crippen LogP contribution in [0.15, 0.2) is 36.4 Å². The smallest absolute Gasteiger partial charge is 0.228 e. The Hall–Kier alpha value is -2.62. The van der Waals surface area contributed by atoms with Crippen molar-refractivity contribution in [2.75, 3.05) is 10.6 Å². The molecule has 2 aromatic carbocycles. The third-order valence-electron chi connectivity index (χ3n) is 5.37. The lowest BCUT2D eigenvalue weighted by molar-refractivity contribution is -0.122. The van der Waals surface area contributed by atoms with Crippen LogP contribution >= 0.6 is 0 Å². The quantitative estimate of drug-likeness (QED) is 0.789. The molecule has 0 heterocycles. The summed E-state index contributed by atoms with van der Waals surface area (Å²) in [6, 6.07) is 12.0. The number of carbonyl (C=O) groups excluding carboxylic acids is 2. The van der Waals surface area contributed by atoms with Gasteiger partial charge in [0, 0.05) is 11.4 Å². The highest BCUT2D eigenvalue weighted by Gasteiger charge is 2.48. The van der Waals surface area contributed by atoms with Crippen molar-refractivity contribution in [2.24, 2.45) is 11.8 Å². The van der Waals surface area contributed by atoms with Gasteiger partial charge < -0.3 is 10.6 Å². The molecule has 2 N–H and O–H groups in total. The summed E-state index contributed by atoms with van der Waals surface area (Å²) in [6.45, 7) is 10.2. The zero-order chi connectivity index (χ0) is 19.7. The van der Waals surface area contributed by atoms with Gasteiger partial charge in [0.2, 0.25) is 11.8 Å². The molecule has 1 aliphatic carbocycles. The molecule has 0 aromatic heterocycles. The Morgan fingerprint density at radius 1 is 0.815 bits per heavy atom. The van der Waals surface area contributed by atoms with Crippen molar-refractivity contribution in [3.8, 4) is 0 Å². The lowest BCUT2D eigenvalue weighted by Crippen LogP contribution is -2.22. The van der Waals surface area contributed by atoms with Gasteiger partial charge in [-0.2, -0.15) is 0 Å². The zero-order valence-corrected chi connectivity index (χ0v) is 16.7. The van der Waals surface area contributed by atoms with E-state index < -0.39 is 0 Å². The highest BCUT2D eigenvalue weighted by Crippen LogP contribution is 2.41. The van der Waals surface area contributed by atoms with Crippen molar-refractivity contribution in [3.05, 3.63) is 58.7 Å². The van der Waals surface area contributed by atoms with Crippen LogP contribution < -0.4 is 10.6 Å². The van der Waals surface area contributed by atoms with E-state index in [9.17, 15) is 9.59 Å². The molecule has 1 aliphatic rings. The predicted octanol–water partition coefficient (Wildman–Crippen LogP) is 4.95. The Labute approximate surface area is 161 Å². The third kappa shape index (κ3) is 4.05. The molecule has 27 heavy (non-hydrogen) atoms. The molecular weight excluding hydrogens is 336 g/mol. The molecule has 4 nitrogen and oxygen atoms in total. The summed E-state index contributed by atoms with van der Waals surface area (Å²) < 4.78 is 0. The summed E-state index contributed by atoms with van der Waals surface area (Å²) >= 11 is 0. The van der Waals surface area contributed by atoms with E-state index in [0.717, 1.165) is 33.6 Å². The highest BCUT2D eigenvalue weighted by molar-refractivity contribution is 6.04. The van der Waals surface area contributed by atoms with Crippen molar-refractivity contribution in [1.29, 1.82) is 0 Å². The van der Waals surface area contributed by atoms with Crippen molar-refractivity contribution >= 4 is 23.2 Å². The second-order valence-electron chi connectivity index (χ2n) is 7.89. The Balaban J connectivity index is 1.67. The van der Waals surface area contributed by atoms with E-state index in [4.69, 9.17) is 0 Å². The molecule has 0 spiro atoms. The van der Waals surface area contributed by atoms with Crippen LogP contribution in [0.5, 0.6) is 0 Å². The molecule has 142 valence electrons. The van der Waals surface area contributed by atoms with E-state index >= 15 is 0 Å². The molecule has 1 saturated carbocycles. The fraction of sp³-hybridized carbons (Fsp3) is 0.391. The Morgan fingerprint density at radius 2 is 1.26 bits per heavy atom. The van der Waals surface area contributed by atoms with Crippen molar-refractivity contribution < 1.29 is 9.59 Å². The maximum atomic E-state index is 12.7. The SMILES string of the molecule is Cc1cccc(C)c1NC(=O)C1CC1C(=O)Nc1c(C)cccc1C(C)C. The predicted molar refractivity (Wildman–Crippen MR) is 110 cm³/mol. The fourth-order valence-electron chi connectivity index (χ4n) is 3.56. The number of benzene rings is 2. The first-order valence-electron chi connectivity index (χ1n) is 9.57. The minimum absolute atomic E-state index is 0.0622. The second-order valence-corrected chi connectivity index (χ2v) is 7.89. The number of aryl methyl sites for hydroxylation is 3. The summed E-state index contributed by atoms with van der Waals surface area (Å²) in [5.41, 5.74) is 5.98. The number of rotatable bonds is 5. The Morgan fingerprint density at radius 3 is 1.78 bits per heavy atom. The molecule has 0 bridgehead atoms. The maximum absolute atomic E-state index is 12.7. The van der Waals surface area contributed by atoms with E-state index in [1.54, 1.807) is 0 Å². The van der Waals surface area contributed by atoms with E-state index in [0.29, 0.717) is 12.3 Å². The number of hydrogen-bond acceptors (Lipinski definition) is 2. The summed E-state index contributed by atoms with van der Waals surface area (Å²) in [5, 5.41) is 6.09. The van der Waals surface area contributed by atoms with E-state index in [1.807, 2.05) is 57.2 Å². The molecule has 2 aromatic rings. The van der Waals surface area contributed by atoms with Gasteiger partial charge in [-0.25, -0.2) is 0 Å². The van der Waals surface area contributed by atoms with Gasteiger partial charge in [0.25, 0.3) is 0 Å². The van der Waals surface area contributed by atoms with Crippen LogP contribution in [0.25, 0.3) is 0 Å². The molecule has 0 radical (unpaired) electrons. The number of amides is 2. The van der Waals surface area contributed by atoms with Crippen LogP contribution in [-0.4, -0.2) is 11.8 Å². The number of nitrogens with one attached hydrogen (secondary N) is 2. The maximum Gasteiger partial charge on any atom is 0.228 e. The Bertz CT molecular complexity index is 866. The molecule has 1 fully saturated rings. The van der Waals surface area contributed by atoms with Gasteiger partial charge in [-0.3, -0.25) is 9.59 Å². The van der Waals surface area contributed by atoms with Crippen molar-refractivity contribution in [2.45, 2.75) is 47.0 Å². The van der Waals surface area contributed by atoms with Crippen LogP contribution in [0.4, 0.5) is 11.4 Å². The van der Waals surface area contributed by atoms with Gasteiger partial charge in [0.05, 0.1) is 11.8 Å². The summed E-state index contributed by atoms with van der Waals surface area (Å²) in [6.07, 6.45) is 0.603. The average molecular weight is 364 g/mol. The van der Waals surface area contributed by atoms with Crippen LogP contribution in [0.2, 0.25) is 0 Å². The van der Waals surface area contributed by atoms with Gasteiger partial charge in [-0.05, 0) is 55.4 Å². The van der Waals surface area contributed by atoms with Gasteiger partial charge in [-0.15, -0.1) is 0 Å². The van der Waals surface area contributed by atoms with E-state index in [2.05, 4.69) is 24.5 Å². The molecule has 2 amide bonds. The molecule has 3 rings (SSSR count). The van der Waals surface area contributed by atoms with Gasteiger partial charge in [-0.1, -0.05) is 50.2 Å². The van der Waals surface area contributed by atoms with Gasteiger partial charge >= 0.3 is 0 Å². The minimum Gasteiger partial charge on any atom is -0.325 e. The average Bonchev–Trinajstić information content (AvgIpc) is 3.40. The van der Waals surface area contributed by atoms with Crippen LogP contribution in [-0.2, 0) is 9.59 Å². The number of hydrogen-bond donors (Lipinski definition) is 2. The minimum atomic E-state index is -0.256. The van der Waals surface area contributed by atoms with Crippen molar-refractivity contribution in [3.63, 3.8) is 0 Å². The van der Waals surface area contributed by atoms with Crippen LogP contribution in [0.1, 0.15) is 48.4 Å². The summed E-state index contributed by atoms with van der Waals surface area (Å²) in [4.78, 5) is 25.3. The topological polar surface area (TPSA) is 58.2 Å².